The minimum absolute atomic E-state index is 0.0276. The smallest absolute Gasteiger partial charge is 0.305 e. The average Bonchev–Trinajstić information content (AvgIpc) is 3.19. The maximum absolute atomic E-state index is 14.4. The lowest BCUT2D eigenvalue weighted by molar-refractivity contribution is -0.142. The Bertz CT molecular complexity index is 1560. The van der Waals surface area contributed by atoms with E-state index in [9.17, 15) is 36.3 Å². The second-order valence-corrected chi connectivity index (χ2v) is 7.78. The standard InChI is InChI=1S/C19H11F5N6O3S/c1-30-16(32)13-9(29-25-5-10(13)27-18(30)33)4-12(31)28-17-26-11(6-34-17)7-2-3-8(20)14(15(7)21)19(22,23)24/h2-3,5-6H,4H2,1H3,(H,27,33)(H,26,28,31). The van der Waals surface area contributed by atoms with Crippen LogP contribution in [0, 0.1) is 11.6 Å². The first-order valence-electron chi connectivity index (χ1n) is 9.22. The molecule has 0 bridgehead atoms. The minimum atomic E-state index is -5.25. The molecule has 0 radical (unpaired) electrons. The normalized spacial score (nSPS) is 11.7. The summed E-state index contributed by atoms with van der Waals surface area (Å²) in [5.74, 6) is -4.31. The summed E-state index contributed by atoms with van der Waals surface area (Å²) < 4.78 is 67.6. The zero-order valence-corrected chi connectivity index (χ0v) is 17.6. The van der Waals surface area contributed by atoms with Crippen molar-refractivity contribution in [1.29, 1.82) is 0 Å². The van der Waals surface area contributed by atoms with Gasteiger partial charge in [0.05, 0.1) is 34.9 Å². The number of nitrogens with zero attached hydrogens (tertiary/aromatic N) is 4. The third kappa shape index (κ3) is 4.16. The quantitative estimate of drug-likeness (QED) is 0.417. The molecule has 2 N–H and O–H groups in total. The van der Waals surface area contributed by atoms with Crippen LogP contribution in [0.1, 0.15) is 11.3 Å². The van der Waals surface area contributed by atoms with E-state index in [0.29, 0.717) is 6.07 Å². The Kier molecular flexibility index (Phi) is 5.72. The maximum atomic E-state index is 14.4. The molecule has 4 aromatic rings. The summed E-state index contributed by atoms with van der Waals surface area (Å²) in [4.78, 5) is 42.9. The Labute approximate surface area is 188 Å². The van der Waals surface area contributed by atoms with Gasteiger partial charge in [-0.15, -0.1) is 11.3 Å². The Morgan fingerprint density at radius 2 is 1.97 bits per heavy atom. The van der Waals surface area contributed by atoms with Gasteiger partial charge in [-0.2, -0.15) is 23.4 Å². The lowest BCUT2D eigenvalue weighted by Gasteiger charge is -2.11. The molecule has 1 aromatic carbocycles. The number of carbonyl (C=O) groups excluding carboxylic acids is 1. The van der Waals surface area contributed by atoms with E-state index < -0.39 is 52.5 Å². The van der Waals surface area contributed by atoms with Crippen LogP contribution in [-0.2, 0) is 24.4 Å². The Morgan fingerprint density at radius 1 is 1.24 bits per heavy atom. The number of thiazole rings is 1. The monoisotopic (exact) mass is 498 g/mol. The summed E-state index contributed by atoms with van der Waals surface area (Å²) in [6.45, 7) is 0. The number of carbonyl (C=O) groups is 1. The summed E-state index contributed by atoms with van der Waals surface area (Å²) in [5.41, 5.74) is -4.23. The van der Waals surface area contributed by atoms with Crippen molar-refractivity contribution < 1.29 is 26.7 Å². The van der Waals surface area contributed by atoms with Crippen LogP contribution >= 0.6 is 11.3 Å². The zero-order chi connectivity index (χ0) is 24.8. The summed E-state index contributed by atoms with van der Waals surface area (Å²) >= 11 is 0.787. The third-order valence-electron chi connectivity index (χ3n) is 4.72. The fourth-order valence-corrected chi connectivity index (χ4v) is 3.85. The fourth-order valence-electron chi connectivity index (χ4n) is 3.12. The van der Waals surface area contributed by atoms with E-state index in [0.717, 1.165) is 28.2 Å². The van der Waals surface area contributed by atoms with Gasteiger partial charge in [0.2, 0.25) is 5.91 Å². The van der Waals surface area contributed by atoms with Crippen LogP contribution in [0.2, 0.25) is 0 Å². The van der Waals surface area contributed by atoms with Crippen molar-refractivity contribution in [1.82, 2.24) is 24.7 Å². The van der Waals surface area contributed by atoms with Crippen molar-refractivity contribution in [3.63, 3.8) is 0 Å². The first-order valence-corrected chi connectivity index (χ1v) is 10.1. The van der Waals surface area contributed by atoms with E-state index in [-0.39, 0.29) is 27.4 Å². The molecule has 0 aliphatic rings. The van der Waals surface area contributed by atoms with E-state index >= 15 is 0 Å². The van der Waals surface area contributed by atoms with Crippen molar-refractivity contribution in [2.24, 2.45) is 7.05 Å². The van der Waals surface area contributed by atoms with Gasteiger partial charge in [0.15, 0.2) is 5.13 Å². The Hall–Kier alpha value is -4.01. The molecule has 0 unspecified atom stereocenters. The van der Waals surface area contributed by atoms with Gasteiger partial charge < -0.3 is 10.3 Å². The van der Waals surface area contributed by atoms with Crippen LogP contribution in [0.4, 0.5) is 27.1 Å². The van der Waals surface area contributed by atoms with Gasteiger partial charge in [-0.1, -0.05) is 0 Å². The number of aromatic amines is 1. The molecule has 3 heterocycles. The number of hydrogen-bond donors (Lipinski definition) is 2. The average molecular weight is 498 g/mol. The predicted octanol–water partition coefficient (Wildman–Crippen LogP) is 2.62. The first-order chi connectivity index (χ1) is 16.0. The van der Waals surface area contributed by atoms with Crippen molar-refractivity contribution in [3.8, 4) is 11.3 Å². The maximum Gasteiger partial charge on any atom is 0.422 e. The van der Waals surface area contributed by atoms with E-state index in [2.05, 4.69) is 25.5 Å². The number of benzene rings is 1. The highest BCUT2D eigenvalue weighted by molar-refractivity contribution is 7.14. The molecule has 176 valence electrons. The van der Waals surface area contributed by atoms with E-state index in [1.165, 1.54) is 12.4 Å². The van der Waals surface area contributed by atoms with E-state index in [4.69, 9.17) is 0 Å². The van der Waals surface area contributed by atoms with Crippen LogP contribution in [0.15, 0.2) is 33.3 Å². The van der Waals surface area contributed by atoms with Gasteiger partial charge in [-0.25, -0.2) is 18.6 Å². The molecule has 0 spiro atoms. The second-order valence-electron chi connectivity index (χ2n) is 6.92. The van der Waals surface area contributed by atoms with Gasteiger partial charge in [0.25, 0.3) is 5.56 Å². The molecule has 0 saturated carbocycles. The minimum Gasteiger partial charge on any atom is -0.305 e. The van der Waals surface area contributed by atoms with Gasteiger partial charge in [0.1, 0.15) is 17.2 Å². The van der Waals surface area contributed by atoms with Gasteiger partial charge >= 0.3 is 11.9 Å². The number of aromatic nitrogens is 5. The van der Waals surface area contributed by atoms with Crippen LogP contribution < -0.4 is 16.6 Å². The van der Waals surface area contributed by atoms with Crippen molar-refractivity contribution in [3.05, 3.63) is 67.4 Å². The number of H-pyrrole nitrogens is 1. The molecular formula is C19H11F5N6O3S. The molecule has 0 fully saturated rings. The molecule has 0 aliphatic heterocycles. The molecule has 9 nitrogen and oxygen atoms in total. The number of anilines is 1. The van der Waals surface area contributed by atoms with Crippen molar-refractivity contribution in [2.75, 3.05) is 5.32 Å². The summed E-state index contributed by atoms with van der Waals surface area (Å²) in [6.07, 6.45) is -4.55. The van der Waals surface area contributed by atoms with Crippen LogP contribution in [0.3, 0.4) is 0 Å². The van der Waals surface area contributed by atoms with E-state index in [1.807, 2.05) is 0 Å². The SMILES string of the molecule is Cn1c(=O)[nH]c2cnnc(CC(=O)Nc3nc(-c4ccc(F)c(C(F)(F)F)c4F)cs3)c2c1=O. The van der Waals surface area contributed by atoms with Crippen LogP contribution in [-0.4, -0.2) is 30.6 Å². The molecule has 0 aliphatic carbocycles. The molecule has 1 amide bonds. The summed E-state index contributed by atoms with van der Waals surface area (Å²) in [7, 11) is 1.24. The largest absolute Gasteiger partial charge is 0.422 e. The van der Waals surface area contributed by atoms with E-state index in [1.54, 1.807) is 0 Å². The van der Waals surface area contributed by atoms with Crippen molar-refractivity contribution in [2.45, 2.75) is 12.6 Å². The lowest BCUT2D eigenvalue weighted by Crippen LogP contribution is -2.33. The van der Waals surface area contributed by atoms with Crippen LogP contribution in [0.5, 0.6) is 0 Å². The highest BCUT2D eigenvalue weighted by Crippen LogP contribution is 2.38. The molecule has 0 atom stereocenters. The number of hydrogen-bond acceptors (Lipinski definition) is 7. The molecule has 3 aromatic heterocycles. The van der Waals surface area contributed by atoms with Gasteiger partial charge in [0, 0.05) is 18.0 Å². The molecule has 34 heavy (non-hydrogen) atoms. The lowest BCUT2D eigenvalue weighted by atomic mass is 10.1. The van der Waals surface area contributed by atoms with Crippen molar-refractivity contribution >= 4 is 33.3 Å². The second kappa shape index (κ2) is 8.40. The molecular weight excluding hydrogens is 487 g/mol. The summed E-state index contributed by atoms with van der Waals surface area (Å²) in [5, 5.41) is 10.9. The molecule has 0 saturated heterocycles. The predicted molar refractivity (Wildman–Crippen MR) is 110 cm³/mol. The number of halogens is 5. The highest BCUT2D eigenvalue weighted by Gasteiger charge is 2.39. The highest BCUT2D eigenvalue weighted by atomic mass is 32.1. The van der Waals surface area contributed by atoms with Gasteiger partial charge in [-0.3, -0.25) is 14.2 Å². The number of amides is 1. The van der Waals surface area contributed by atoms with Gasteiger partial charge in [-0.05, 0) is 12.1 Å². The molecule has 15 heteroatoms. The Balaban J connectivity index is 1.60. The number of fused-ring (bicyclic) bond motifs is 1. The topological polar surface area (TPSA) is 123 Å². The number of nitrogens with one attached hydrogen (secondary N) is 2. The summed E-state index contributed by atoms with van der Waals surface area (Å²) in [6, 6.07) is 1.28. The first kappa shape index (κ1) is 23.2. The number of alkyl halides is 3. The Morgan fingerprint density at radius 3 is 2.68 bits per heavy atom. The third-order valence-corrected chi connectivity index (χ3v) is 5.47. The zero-order valence-electron chi connectivity index (χ0n) is 16.8. The van der Waals surface area contributed by atoms with Crippen LogP contribution in [0.25, 0.3) is 22.2 Å². The number of rotatable bonds is 4. The molecule has 4 rings (SSSR count). The fraction of sp³-hybridized carbons (Fsp3) is 0.158.